The van der Waals surface area contributed by atoms with E-state index >= 15 is 0 Å². The Hall–Kier alpha value is -1.05. The number of ether oxygens (including phenoxy) is 6. The summed E-state index contributed by atoms with van der Waals surface area (Å²) in [6.07, 6.45) is 3.29. The zero-order valence-electron chi connectivity index (χ0n) is 25.6. The fourth-order valence-electron chi connectivity index (χ4n) is 10.2. The summed E-state index contributed by atoms with van der Waals surface area (Å²) in [5.74, 6) is -0.679. The topological polar surface area (TPSA) is 109 Å². The first-order chi connectivity index (χ1) is 20.0. The Labute approximate surface area is 247 Å². The van der Waals surface area contributed by atoms with Crippen molar-refractivity contribution in [1.29, 1.82) is 0 Å². The summed E-state index contributed by atoms with van der Waals surface area (Å²) >= 11 is 0. The molecule has 10 rings (SSSR count). The minimum absolute atomic E-state index is 0.0385. The molecule has 11 heteroatoms. The maximum absolute atomic E-state index is 13.4. The standard InChI is InChI=1S/C31H46O11/c1-15-7-9-21-17(3)23(33-25-30(21)19(15)11-13-28(5,37-25)39-41-30)35-27(32)36-24-18(4)22-10-8-16(2)20-12-14-29(6)38-26(34-24)31(20,22)42-40-29/h15-26H,7-14H2,1-6H3/t15-,16-,17-,18-,19+,20+,21+,22+,23-,24-,25-,26-,28+,29+,30-,31-/m1/s1. The molecule has 42 heavy (non-hydrogen) atoms. The van der Waals surface area contributed by atoms with Crippen LogP contribution in [0, 0.1) is 47.3 Å². The molecule has 0 aromatic heterocycles. The van der Waals surface area contributed by atoms with Gasteiger partial charge in [0.05, 0.1) is 0 Å². The molecule has 16 atom stereocenters. The van der Waals surface area contributed by atoms with E-state index in [-0.39, 0.29) is 35.5 Å². The average molecular weight is 595 g/mol. The lowest BCUT2D eigenvalue weighted by Crippen LogP contribution is -2.71. The van der Waals surface area contributed by atoms with Crippen LogP contribution >= 0.6 is 0 Å². The van der Waals surface area contributed by atoms with Gasteiger partial charge in [-0.1, -0.05) is 27.7 Å². The molecule has 0 aromatic rings. The van der Waals surface area contributed by atoms with Crippen molar-refractivity contribution in [2.75, 3.05) is 0 Å². The van der Waals surface area contributed by atoms with Crippen LogP contribution in [0.15, 0.2) is 0 Å². The highest BCUT2D eigenvalue weighted by Crippen LogP contribution is 2.62. The van der Waals surface area contributed by atoms with Gasteiger partial charge in [0.1, 0.15) is 0 Å². The van der Waals surface area contributed by atoms with Gasteiger partial charge in [-0.05, 0) is 76.0 Å². The monoisotopic (exact) mass is 594 g/mol. The molecule has 0 radical (unpaired) electrons. The summed E-state index contributed by atoms with van der Waals surface area (Å²) in [5, 5.41) is 0. The first-order valence-electron chi connectivity index (χ1n) is 16.3. The number of hydrogen-bond donors (Lipinski definition) is 0. The van der Waals surface area contributed by atoms with Gasteiger partial charge in [-0.15, -0.1) is 0 Å². The van der Waals surface area contributed by atoms with E-state index < -0.39 is 54.1 Å². The predicted molar refractivity (Wildman–Crippen MR) is 141 cm³/mol. The molecule has 10 aliphatic rings. The van der Waals surface area contributed by atoms with E-state index in [0.717, 1.165) is 38.5 Å². The molecule has 8 saturated heterocycles. The SMILES string of the molecule is C[C@H]1[C@@H](OC(=O)O[C@H]2O[C@@H]3O[C@]4(C)CC[C@H]5[C@H](C)CC[C@@H]([C@H]2C)[C@@]35OO4)O[C@@H]2O[C@]3(C)CC[C@H]4[C@H](C)CC[C@@H]1[C@@]24OO3. The third-order valence-electron chi connectivity index (χ3n) is 12.6. The minimum Gasteiger partial charge on any atom is -0.404 e. The molecule has 0 unspecified atom stereocenters. The van der Waals surface area contributed by atoms with Crippen LogP contribution < -0.4 is 0 Å². The lowest BCUT2D eigenvalue weighted by Gasteiger charge is -2.60. The second-order valence-corrected chi connectivity index (χ2v) is 15.0. The van der Waals surface area contributed by atoms with Crippen LogP contribution in [0.2, 0.25) is 0 Å². The molecule has 8 heterocycles. The lowest BCUT2D eigenvalue weighted by molar-refractivity contribution is -0.578. The van der Waals surface area contributed by atoms with Crippen LogP contribution in [0.5, 0.6) is 0 Å². The highest BCUT2D eigenvalue weighted by molar-refractivity contribution is 5.60. The molecule has 2 saturated carbocycles. The van der Waals surface area contributed by atoms with Gasteiger partial charge in [0.2, 0.25) is 24.2 Å². The second kappa shape index (κ2) is 9.48. The van der Waals surface area contributed by atoms with E-state index in [1.165, 1.54) is 0 Å². The normalized spacial score (nSPS) is 59.6. The third kappa shape index (κ3) is 3.83. The summed E-state index contributed by atoms with van der Waals surface area (Å²) in [7, 11) is 0. The van der Waals surface area contributed by atoms with Crippen LogP contribution in [0.4, 0.5) is 4.79 Å². The van der Waals surface area contributed by atoms with Gasteiger partial charge in [-0.2, -0.15) is 0 Å². The zero-order valence-corrected chi connectivity index (χ0v) is 25.6. The first-order valence-corrected chi connectivity index (χ1v) is 16.3. The largest absolute Gasteiger partial charge is 0.512 e. The van der Waals surface area contributed by atoms with E-state index in [0.29, 0.717) is 24.7 Å². The highest BCUT2D eigenvalue weighted by Gasteiger charge is 2.71. The van der Waals surface area contributed by atoms with Crippen LogP contribution in [-0.4, -0.2) is 54.1 Å². The van der Waals surface area contributed by atoms with E-state index in [1.54, 1.807) is 0 Å². The first kappa shape index (κ1) is 28.4. The molecule has 4 bridgehead atoms. The quantitative estimate of drug-likeness (QED) is 0.296. The summed E-state index contributed by atoms with van der Waals surface area (Å²) in [5.41, 5.74) is -1.45. The molecule has 10 fully saturated rings. The molecule has 0 aromatic carbocycles. The van der Waals surface area contributed by atoms with Crippen molar-refractivity contribution in [3.63, 3.8) is 0 Å². The minimum atomic E-state index is -0.902. The molecule has 2 spiro atoms. The Balaban J connectivity index is 1.01. The summed E-state index contributed by atoms with van der Waals surface area (Å²) in [6.45, 7) is 12.4. The average Bonchev–Trinajstić information content (AvgIpc) is 3.32. The number of rotatable bonds is 2. The molecule has 0 N–H and O–H groups in total. The van der Waals surface area contributed by atoms with Gasteiger partial charge in [0.25, 0.3) is 0 Å². The highest BCUT2D eigenvalue weighted by atomic mass is 17.3. The van der Waals surface area contributed by atoms with E-state index in [4.69, 9.17) is 48.0 Å². The second-order valence-electron chi connectivity index (χ2n) is 15.0. The summed E-state index contributed by atoms with van der Waals surface area (Å²) in [6, 6.07) is 0. The third-order valence-corrected chi connectivity index (χ3v) is 12.6. The Kier molecular flexibility index (Phi) is 6.42. The zero-order chi connectivity index (χ0) is 29.2. The molecule has 11 nitrogen and oxygen atoms in total. The van der Waals surface area contributed by atoms with Crippen molar-refractivity contribution < 1.29 is 52.8 Å². The van der Waals surface area contributed by atoms with Gasteiger partial charge in [-0.25, -0.2) is 24.3 Å². The van der Waals surface area contributed by atoms with Crippen LogP contribution in [0.25, 0.3) is 0 Å². The Morgan fingerprint density at radius 3 is 1.45 bits per heavy atom. The van der Waals surface area contributed by atoms with Crippen LogP contribution in [0.3, 0.4) is 0 Å². The van der Waals surface area contributed by atoms with Crippen LogP contribution in [0.1, 0.15) is 92.9 Å². The van der Waals surface area contributed by atoms with E-state index in [9.17, 15) is 4.79 Å². The van der Waals surface area contributed by atoms with Crippen LogP contribution in [-0.2, 0) is 48.0 Å². The fourth-order valence-corrected chi connectivity index (χ4v) is 10.2. The number of hydrogen-bond acceptors (Lipinski definition) is 11. The van der Waals surface area contributed by atoms with Gasteiger partial charge in [-0.3, -0.25) is 0 Å². The summed E-state index contributed by atoms with van der Waals surface area (Å²) < 4.78 is 37.5. The summed E-state index contributed by atoms with van der Waals surface area (Å²) in [4.78, 5) is 37.6. The van der Waals surface area contributed by atoms with E-state index in [1.807, 2.05) is 27.7 Å². The van der Waals surface area contributed by atoms with Gasteiger partial charge >= 0.3 is 6.16 Å². The smallest absolute Gasteiger partial charge is 0.404 e. The molecule has 236 valence electrons. The molecule has 8 aliphatic heterocycles. The molecular formula is C31H46O11. The number of carbonyl (C=O) groups is 1. The Morgan fingerprint density at radius 1 is 0.595 bits per heavy atom. The molecule has 0 amide bonds. The van der Waals surface area contributed by atoms with Crippen molar-refractivity contribution >= 4 is 6.16 Å². The van der Waals surface area contributed by atoms with Crippen molar-refractivity contribution in [2.45, 2.75) is 141 Å². The predicted octanol–water partition coefficient (Wildman–Crippen LogP) is 5.56. The van der Waals surface area contributed by atoms with Crippen molar-refractivity contribution in [2.24, 2.45) is 47.3 Å². The van der Waals surface area contributed by atoms with Crippen molar-refractivity contribution in [3.05, 3.63) is 0 Å². The van der Waals surface area contributed by atoms with Gasteiger partial charge < -0.3 is 28.4 Å². The maximum Gasteiger partial charge on any atom is 0.512 e. The van der Waals surface area contributed by atoms with Crippen molar-refractivity contribution in [3.8, 4) is 0 Å². The van der Waals surface area contributed by atoms with E-state index in [2.05, 4.69) is 13.8 Å². The van der Waals surface area contributed by atoms with Gasteiger partial charge in [0, 0.05) is 36.5 Å². The lowest BCUT2D eigenvalue weighted by atomic mass is 9.58. The Bertz CT molecular complexity index is 1020. The number of carbonyl (C=O) groups excluding carboxylic acids is 1. The molecular weight excluding hydrogens is 548 g/mol. The fraction of sp³-hybridized carbons (Fsp3) is 0.968. The number of fused-ring (bicyclic) bond motifs is 4. The van der Waals surface area contributed by atoms with Crippen molar-refractivity contribution in [1.82, 2.24) is 0 Å². The maximum atomic E-state index is 13.4. The van der Waals surface area contributed by atoms with Gasteiger partial charge in [0.15, 0.2) is 23.8 Å². The molecule has 2 aliphatic carbocycles. The Morgan fingerprint density at radius 2 is 1.02 bits per heavy atom.